The van der Waals surface area contributed by atoms with Crippen LogP contribution in [0.2, 0.25) is 0 Å². The van der Waals surface area contributed by atoms with Crippen molar-refractivity contribution < 1.29 is 13.9 Å². The topological polar surface area (TPSA) is 55.6 Å². The van der Waals surface area contributed by atoms with Crippen molar-refractivity contribution >= 4 is 6.03 Å². The molecule has 1 aromatic carbocycles. The second kappa shape index (κ2) is 6.59. The van der Waals surface area contributed by atoms with E-state index < -0.39 is 0 Å². The van der Waals surface area contributed by atoms with Gasteiger partial charge in [0.25, 0.3) is 0 Å². The number of nitrogens with two attached hydrogens (primary N) is 1. The Kier molecular flexibility index (Phi) is 4.82. The highest BCUT2D eigenvalue weighted by Gasteiger charge is 2.21. The summed E-state index contributed by atoms with van der Waals surface area (Å²) in [6, 6.07) is 4.49. The number of hydrogen-bond acceptors (Lipinski definition) is 2. The van der Waals surface area contributed by atoms with Gasteiger partial charge in [-0.05, 0) is 55.4 Å². The van der Waals surface area contributed by atoms with E-state index in [0.717, 1.165) is 19.3 Å². The first-order chi connectivity index (χ1) is 9.60. The van der Waals surface area contributed by atoms with Crippen molar-refractivity contribution in [2.24, 2.45) is 11.7 Å². The third-order valence-corrected chi connectivity index (χ3v) is 4.00. The minimum Gasteiger partial charge on any atom is -0.497 e. The number of aryl methyl sites for hydroxylation is 1. The number of urea groups is 1. The number of piperidine rings is 1. The van der Waals surface area contributed by atoms with Crippen LogP contribution in [0, 0.1) is 11.7 Å². The molecule has 4 nitrogen and oxygen atoms in total. The molecule has 0 aliphatic carbocycles. The second-order valence-electron chi connectivity index (χ2n) is 5.26. The molecule has 1 aliphatic heterocycles. The number of ether oxygens (including phenoxy) is 1. The highest BCUT2D eigenvalue weighted by Crippen LogP contribution is 2.24. The van der Waals surface area contributed by atoms with Gasteiger partial charge in [0.2, 0.25) is 0 Å². The monoisotopic (exact) mass is 280 g/mol. The molecule has 5 heteroatoms. The summed E-state index contributed by atoms with van der Waals surface area (Å²) < 4.78 is 18.8. The third kappa shape index (κ3) is 3.62. The fourth-order valence-electron chi connectivity index (χ4n) is 2.67. The largest absolute Gasteiger partial charge is 0.497 e. The van der Waals surface area contributed by atoms with E-state index in [0.29, 0.717) is 36.7 Å². The number of rotatable bonds is 4. The number of amides is 2. The molecule has 20 heavy (non-hydrogen) atoms. The maximum atomic E-state index is 13.7. The van der Waals surface area contributed by atoms with Gasteiger partial charge in [0.05, 0.1) is 7.11 Å². The lowest BCUT2D eigenvalue weighted by Crippen LogP contribution is -2.41. The summed E-state index contributed by atoms with van der Waals surface area (Å²) in [5.41, 5.74) is 5.95. The van der Waals surface area contributed by atoms with Gasteiger partial charge in [0.1, 0.15) is 11.6 Å². The van der Waals surface area contributed by atoms with E-state index in [2.05, 4.69) is 0 Å². The van der Waals surface area contributed by atoms with Gasteiger partial charge in [-0.1, -0.05) is 0 Å². The van der Waals surface area contributed by atoms with Crippen LogP contribution in [0.4, 0.5) is 9.18 Å². The van der Waals surface area contributed by atoms with Crippen molar-refractivity contribution in [2.75, 3.05) is 20.2 Å². The first kappa shape index (κ1) is 14.6. The van der Waals surface area contributed by atoms with Crippen molar-refractivity contribution in [2.45, 2.75) is 25.7 Å². The fraction of sp³-hybridized carbons (Fsp3) is 0.533. The van der Waals surface area contributed by atoms with Gasteiger partial charge in [-0.3, -0.25) is 0 Å². The summed E-state index contributed by atoms with van der Waals surface area (Å²) in [6.45, 7) is 1.42. The van der Waals surface area contributed by atoms with Gasteiger partial charge in [0.15, 0.2) is 0 Å². The Hall–Kier alpha value is -1.78. The molecule has 0 bridgehead atoms. The fourth-order valence-corrected chi connectivity index (χ4v) is 2.67. The summed E-state index contributed by atoms with van der Waals surface area (Å²) in [7, 11) is 1.58. The van der Waals surface area contributed by atoms with E-state index in [9.17, 15) is 9.18 Å². The summed E-state index contributed by atoms with van der Waals surface area (Å²) >= 11 is 0. The molecule has 0 saturated carbocycles. The second-order valence-corrected chi connectivity index (χ2v) is 5.26. The van der Waals surface area contributed by atoms with Gasteiger partial charge >= 0.3 is 6.03 Å². The smallest absolute Gasteiger partial charge is 0.314 e. The van der Waals surface area contributed by atoms with Crippen LogP contribution in [0.25, 0.3) is 0 Å². The van der Waals surface area contributed by atoms with Crippen molar-refractivity contribution in [3.8, 4) is 5.75 Å². The molecule has 0 unspecified atom stereocenters. The van der Waals surface area contributed by atoms with Crippen LogP contribution in [0.1, 0.15) is 24.8 Å². The van der Waals surface area contributed by atoms with E-state index in [1.165, 1.54) is 6.07 Å². The average Bonchev–Trinajstić information content (AvgIpc) is 2.47. The first-order valence-corrected chi connectivity index (χ1v) is 6.97. The van der Waals surface area contributed by atoms with Crippen LogP contribution in [0.3, 0.4) is 0 Å². The zero-order valence-corrected chi connectivity index (χ0v) is 11.8. The number of carbonyl (C=O) groups is 1. The Morgan fingerprint density at radius 2 is 2.15 bits per heavy atom. The molecule has 2 rings (SSSR count). The van der Waals surface area contributed by atoms with Crippen molar-refractivity contribution in [3.05, 3.63) is 29.6 Å². The maximum absolute atomic E-state index is 13.7. The van der Waals surface area contributed by atoms with E-state index >= 15 is 0 Å². The standard InChI is InChI=1S/C15H21FN2O2/c1-20-13-4-5-14(16)12(10-13)3-2-11-6-8-18(9-7-11)15(17)19/h4-5,10-11H,2-3,6-9H2,1H3,(H2,17,19). The molecular formula is C15H21FN2O2. The molecule has 1 heterocycles. The van der Waals surface area contributed by atoms with E-state index in [1.807, 2.05) is 0 Å². The van der Waals surface area contributed by atoms with Gasteiger partial charge in [0, 0.05) is 13.1 Å². The number of benzene rings is 1. The van der Waals surface area contributed by atoms with Crippen LogP contribution in [-0.4, -0.2) is 31.1 Å². The van der Waals surface area contributed by atoms with Gasteiger partial charge in [-0.15, -0.1) is 0 Å². The van der Waals surface area contributed by atoms with Crippen LogP contribution >= 0.6 is 0 Å². The number of nitrogens with zero attached hydrogens (tertiary/aromatic N) is 1. The summed E-state index contributed by atoms with van der Waals surface area (Å²) in [6.07, 6.45) is 3.50. The molecule has 110 valence electrons. The lowest BCUT2D eigenvalue weighted by molar-refractivity contribution is 0.176. The molecule has 0 aromatic heterocycles. The maximum Gasteiger partial charge on any atom is 0.314 e. The zero-order valence-electron chi connectivity index (χ0n) is 11.8. The number of likely N-dealkylation sites (tertiary alicyclic amines) is 1. The normalized spacial score (nSPS) is 16.2. The first-order valence-electron chi connectivity index (χ1n) is 6.97. The van der Waals surface area contributed by atoms with Crippen molar-refractivity contribution in [1.29, 1.82) is 0 Å². The molecule has 2 amide bonds. The quantitative estimate of drug-likeness (QED) is 0.921. The molecular weight excluding hydrogens is 259 g/mol. The van der Waals surface area contributed by atoms with Gasteiger partial charge < -0.3 is 15.4 Å². The van der Waals surface area contributed by atoms with Crippen LogP contribution in [0.5, 0.6) is 5.75 Å². The zero-order chi connectivity index (χ0) is 14.5. The molecule has 2 N–H and O–H groups in total. The Bertz CT molecular complexity index is 471. The molecule has 1 aromatic rings. The Balaban J connectivity index is 1.86. The molecule has 1 saturated heterocycles. The van der Waals surface area contributed by atoms with Crippen LogP contribution in [-0.2, 0) is 6.42 Å². The van der Waals surface area contributed by atoms with Crippen molar-refractivity contribution in [1.82, 2.24) is 4.90 Å². The average molecular weight is 280 g/mol. The minimum absolute atomic E-state index is 0.180. The summed E-state index contributed by atoms with van der Waals surface area (Å²) in [5, 5.41) is 0. The Morgan fingerprint density at radius 3 is 2.75 bits per heavy atom. The van der Waals surface area contributed by atoms with E-state index in [1.54, 1.807) is 24.1 Å². The molecule has 1 fully saturated rings. The van der Waals surface area contributed by atoms with E-state index in [-0.39, 0.29) is 11.8 Å². The number of hydrogen-bond donors (Lipinski definition) is 1. The predicted molar refractivity (Wildman–Crippen MR) is 75.2 cm³/mol. The van der Waals surface area contributed by atoms with Crippen LogP contribution in [0.15, 0.2) is 18.2 Å². The highest BCUT2D eigenvalue weighted by atomic mass is 19.1. The molecule has 0 spiro atoms. The van der Waals surface area contributed by atoms with Crippen LogP contribution < -0.4 is 10.5 Å². The summed E-state index contributed by atoms with van der Waals surface area (Å²) in [4.78, 5) is 12.7. The lowest BCUT2D eigenvalue weighted by Gasteiger charge is -2.30. The number of carbonyl (C=O) groups excluding carboxylic acids is 1. The number of primary amides is 1. The highest BCUT2D eigenvalue weighted by molar-refractivity contribution is 5.72. The Labute approximate surface area is 118 Å². The lowest BCUT2D eigenvalue weighted by atomic mass is 9.90. The van der Waals surface area contributed by atoms with Gasteiger partial charge in [-0.25, -0.2) is 9.18 Å². The number of methoxy groups -OCH3 is 1. The van der Waals surface area contributed by atoms with Crippen molar-refractivity contribution in [3.63, 3.8) is 0 Å². The van der Waals surface area contributed by atoms with Gasteiger partial charge in [-0.2, -0.15) is 0 Å². The van der Waals surface area contributed by atoms with E-state index in [4.69, 9.17) is 10.5 Å². The summed E-state index contributed by atoms with van der Waals surface area (Å²) in [5.74, 6) is 1.03. The predicted octanol–water partition coefficient (Wildman–Crippen LogP) is 2.56. The molecule has 1 aliphatic rings. The number of halogens is 1. The molecule has 0 radical (unpaired) electrons. The third-order valence-electron chi connectivity index (χ3n) is 4.00. The Morgan fingerprint density at radius 1 is 1.45 bits per heavy atom. The SMILES string of the molecule is COc1ccc(F)c(CCC2CCN(C(N)=O)CC2)c1. The minimum atomic E-state index is -0.345. The molecule has 0 atom stereocenters.